The van der Waals surface area contributed by atoms with E-state index in [4.69, 9.17) is 0 Å². The topological polar surface area (TPSA) is 63.1 Å². The zero-order valence-corrected chi connectivity index (χ0v) is 15.4. The molecule has 0 unspecified atom stereocenters. The Bertz CT molecular complexity index is 898. The Hall–Kier alpha value is -3.15. The molecule has 1 aliphatic heterocycles. The molecule has 27 heavy (non-hydrogen) atoms. The quantitative estimate of drug-likeness (QED) is 0.747. The Kier molecular flexibility index (Phi) is 4.87. The minimum absolute atomic E-state index is 0.0568. The van der Waals surface area contributed by atoms with Gasteiger partial charge in [-0.25, -0.2) is 4.79 Å². The van der Waals surface area contributed by atoms with Crippen LogP contribution in [0.25, 0.3) is 11.1 Å². The molecular weight excluding hydrogens is 338 g/mol. The minimum Gasteiger partial charge on any atom is -0.323 e. The number of amides is 2. The lowest BCUT2D eigenvalue weighted by atomic mass is 9.93. The summed E-state index contributed by atoms with van der Waals surface area (Å²) < 4.78 is 1.95. The Labute approximate surface area is 158 Å². The van der Waals surface area contributed by atoms with Crippen molar-refractivity contribution in [1.82, 2.24) is 19.7 Å². The Morgan fingerprint density at radius 1 is 1.15 bits per heavy atom. The van der Waals surface area contributed by atoms with E-state index in [1.54, 1.807) is 6.20 Å². The van der Waals surface area contributed by atoms with Gasteiger partial charge in [-0.3, -0.25) is 9.67 Å². The zero-order valence-electron chi connectivity index (χ0n) is 15.4. The number of hydrogen-bond donors (Lipinski definition) is 1. The van der Waals surface area contributed by atoms with Gasteiger partial charge < -0.3 is 10.2 Å². The zero-order chi connectivity index (χ0) is 18.6. The highest BCUT2D eigenvalue weighted by Crippen LogP contribution is 2.27. The predicted molar refractivity (Wildman–Crippen MR) is 106 cm³/mol. The SMILES string of the molecule is CCCn1cc(-c2ccc(NC(=O)N3CC(c4cccnc4)C3)cc2)cn1. The van der Waals surface area contributed by atoms with Crippen LogP contribution in [0.3, 0.4) is 0 Å². The van der Waals surface area contributed by atoms with Gasteiger partial charge in [0, 0.05) is 55.4 Å². The standard InChI is InChI=1S/C21H23N5O/c1-2-10-26-15-18(12-23-26)16-5-7-20(8-6-16)24-21(27)25-13-19(14-25)17-4-3-9-22-11-17/h3-9,11-12,15,19H,2,10,13-14H2,1H3,(H,24,27). The van der Waals surface area contributed by atoms with Crippen LogP contribution in [0.1, 0.15) is 24.8 Å². The summed E-state index contributed by atoms with van der Waals surface area (Å²) in [7, 11) is 0. The fraction of sp³-hybridized carbons (Fsp3) is 0.286. The maximum atomic E-state index is 12.4. The van der Waals surface area contributed by atoms with Gasteiger partial charge in [0.05, 0.1) is 6.20 Å². The molecule has 138 valence electrons. The lowest BCUT2D eigenvalue weighted by Crippen LogP contribution is -2.50. The molecule has 0 atom stereocenters. The van der Waals surface area contributed by atoms with Gasteiger partial charge in [-0.15, -0.1) is 0 Å². The monoisotopic (exact) mass is 361 g/mol. The fourth-order valence-corrected chi connectivity index (χ4v) is 3.29. The molecule has 0 saturated carbocycles. The van der Waals surface area contributed by atoms with Gasteiger partial charge in [-0.2, -0.15) is 5.10 Å². The lowest BCUT2D eigenvalue weighted by Gasteiger charge is -2.39. The number of nitrogens with zero attached hydrogens (tertiary/aromatic N) is 4. The summed E-state index contributed by atoms with van der Waals surface area (Å²) in [6, 6.07) is 11.8. The number of hydrogen-bond acceptors (Lipinski definition) is 3. The third-order valence-electron chi connectivity index (χ3n) is 4.88. The molecule has 0 spiro atoms. The van der Waals surface area contributed by atoms with Crippen LogP contribution in [0.4, 0.5) is 10.5 Å². The van der Waals surface area contributed by atoms with Crippen molar-refractivity contribution in [2.75, 3.05) is 18.4 Å². The van der Waals surface area contributed by atoms with Crippen molar-refractivity contribution in [2.45, 2.75) is 25.8 Å². The largest absolute Gasteiger partial charge is 0.323 e. The molecule has 1 aliphatic rings. The second kappa shape index (κ2) is 7.61. The first kappa shape index (κ1) is 17.3. The van der Waals surface area contributed by atoms with Crippen molar-refractivity contribution in [2.24, 2.45) is 0 Å². The van der Waals surface area contributed by atoms with Crippen LogP contribution in [0.2, 0.25) is 0 Å². The van der Waals surface area contributed by atoms with Crippen LogP contribution in [0.15, 0.2) is 61.2 Å². The first-order valence-corrected chi connectivity index (χ1v) is 9.31. The van der Waals surface area contributed by atoms with E-state index in [-0.39, 0.29) is 6.03 Å². The van der Waals surface area contributed by atoms with Crippen LogP contribution in [0, 0.1) is 0 Å². The van der Waals surface area contributed by atoms with Gasteiger partial charge in [-0.05, 0) is 35.7 Å². The van der Waals surface area contributed by atoms with E-state index in [0.717, 1.165) is 42.9 Å². The van der Waals surface area contributed by atoms with Gasteiger partial charge in [0.2, 0.25) is 0 Å². The van der Waals surface area contributed by atoms with Crippen molar-refractivity contribution in [3.8, 4) is 11.1 Å². The summed E-state index contributed by atoms with van der Waals surface area (Å²) in [6.07, 6.45) is 8.63. The second-order valence-electron chi connectivity index (χ2n) is 6.89. The van der Waals surface area contributed by atoms with E-state index in [1.165, 1.54) is 5.56 Å². The third-order valence-corrected chi connectivity index (χ3v) is 4.88. The summed E-state index contributed by atoms with van der Waals surface area (Å²) in [5.74, 6) is 0.381. The minimum atomic E-state index is -0.0568. The first-order valence-electron chi connectivity index (χ1n) is 9.31. The highest BCUT2D eigenvalue weighted by atomic mass is 16.2. The van der Waals surface area contributed by atoms with Crippen molar-refractivity contribution in [3.05, 3.63) is 66.7 Å². The molecule has 0 aliphatic carbocycles. The maximum Gasteiger partial charge on any atom is 0.321 e. The first-order chi connectivity index (χ1) is 13.2. The third kappa shape index (κ3) is 3.84. The highest BCUT2D eigenvalue weighted by Gasteiger charge is 2.31. The summed E-state index contributed by atoms with van der Waals surface area (Å²) >= 11 is 0. The van der Waals surface area contributed by atoms with Crippen LogP contribution >= 0.6 is 0 Å². The number of likely N-dealkylation sites (tertiary alicyclic amines) is 1. The Balaban J connectivity index is 1.33. The number of carbonyl (C=O) groups is 1. The summed E-state index contributed by atoms with van der Waals surface area (Å²) in [5.41, 5.74) is 4.17. The fourth-order valence-electron chi connectivity index (χ4n) is 3.29. The number of urea groups is 1. The van der Waals surface area contributed by atoms with Gasteiger partial charge in [0.15, 0.2) is 0 Å². The van der Waals surface area contributed by atoms with Gasteiger partial charge in [0.25, 0.3) is 0 Å². The van der Waals surface area contributed by atoms with Gasteiger partial charge >= 0.3 is 6.03 Å². The summed E-state index contributed by atoms with van der Waals surface area (Å²) in [4.78, 5) is 18.4. The van der Waals surface area contributed by atoms with Crippen molar-refractivity contribution in [3.63, 3.8) is 0 Å². The molecular formula is C21H23N5O. The Morgan fingerprint density at radius 2 is 1.96 bits per heavy atom. The highest BCUT2D eigenvalue weighted by molar-refractivity contribution is 5.90. The number of aryl methyl sites for hydroxylation is 1. The van der Waals surface area contributed by atoms with Crippen LogP contribution in [-0.4, -0.2) is 38.8 Å². The number of benzene rings is 1. The Morgan fingerprint density at radius 3 is 2.67 bits per heavy atom. The van der Waals surface area contributed by atoms with Crippen molar-refractivity contribution >= 4 is 11.7 Å². The van der Waals surface area contributed by atoms with E-state index in [2.05, 4.69) is 34.6 Å². The number of nitrogens with one attached hydrogen (secondary N) is 1. The molecule has 1 fully saturated rings. The van der Waals surface area contributed by atoms with E-state index >= 15 is 0 Å². The molecule has 1 N–H and O–H groups in total. The average molecular weight is 361 g/mol. The number of anilines is 1. The second-order valence-corrected chi connectivity index (χ2v) is 6.89. The number of carbonyl (C=O) groups excluding carboxylic acids is 1. The van der Waals surface area contributed by atoms with Crippen LogP contribution < -0.4 is 5.32 Å². The van der Waals surface area contributed by atoms with E-state index < -0.39 is 0 Å². The molecule has 0 radical (unpaired) electrons. The smallest absolute Gasteiger partial charge is 0.321 e. The molecule has 4 rings (SSSR count). The lowest BCUT2D eigenvalue weighted by molar-refractivity contribution is 0.164. The molecule has 3 aromatic rings. The van der Waals surface area contributed by atoms with Gasteiger partial charge in [-0.1, -0.05) is 25.1 Å². The van der Waals surface area contributed by atoms with Crippen molar-refractivity contribution < 1.29 is 4.79 Å². The summed E-state index contributed by atoms with van der Waals surface area (Å²) in [5, 5.41) is 7.33. The molecule has 6 heteroatoms. The molecule has 1 saturated heterocycles. The van der Waals surface area contributed by atoms with E-state index in [9.17, 15) is 4.79 Å². The number of rotatable bonds is 5. The van der Waals surface area contributed by atoms with Crippen LogP contribution in [0.5, 0.6) is 0 Å². The molecule has 0 bridgehead atoms. The van der Waals surface area contributed by atoms with Gasteiger partial charge in [0.1, 0.15) is 0 Å². The number of aromatic nitrogens is 3. The van der Waals surface area contributed by atoms with E-state index in [1.807, 2.05) is 52.3 Å². The number of pyridine rings is 1. The normalized spacial score (nSPS) is 14.0. The van der Waals surface area contributed by atoms with E-state index in [0.29, 0.717) is 5.92 Å². The van der Waals surface area contributed by atoms with Crippen molar-refractivity contribution in [1.29, 1.82) is 0 Å². The predicted octanol–water partition coefficient (Wildman–Crippen LogP) is 3.99. The molecule has 3 heterocycles. The molecule has 6 nitrogen and oxygen atoms in total. The van der Waals surface area contributed by atoms with Crippen LogP contribution in [-0.2, 0) is 6.54 Å². The average Bonchev–Trinajstić information content (AvgIpc) is 3.11. The molecule has 2 amide bonds. The summed E-state index contributed by atoms with van der Waals surface area (Å²) in [6.45, 7) is 4.51. The maximum absolute atomic E-state index is 12.4. The molecule has 2 aromatic heterocycles. The molecule has 1 aromatic carbocycles.